The number of benzene rings is 2. The Morgan fingerprint density at radius 3 is 2.60 bits per heavy atom. The maximum Gasteiger partial charge on any atom is 0.279 e. The van der Waals surface area contributed by atoms with Crippen molar-refractivity contribution in [2.75, 3.05) is 0 Å². The molecule has 0 aliphatic carbocycles. The van der Waals surface area contributed by atoms with Crippen LogP contribution in [0.15, 0.2) is 41.2 Å². The summed E-state index contributed by atoms with van der Waals surface area (Å²) in [5, 5.41) is 4.09. The molecule has 1 aromatic heterocycles. The molecule has 0 saturated carbocycles. The van der Waals surface area contributed by atoms with Gasteiger partial charge in [-0.1, -0.05) is 18.2 Å². The molecule has 5 heteroatoms. The van der Waals surface area contributed by atoms with Gasteiger partial charge in [0.25, 0.3) is 5.56 Å². The first-order valence-corrected chi connectivity index (χ1v) is 5.93. The van der Waals surface area contributed by atoms with Gasteiger partial charge in [0, 0.05) is 5.39 Å². The van der Waals surface area contributed by atoms with Crippen LogP contribution < -0.4 is 5.56 Å². The van der Waals surface area contributed by atoms with Crippen molar-refractivity contribution in [2.24, 2.45) is 0 Å². The first kappa shape index (κ1) is 12.5. The minimum Gasteiger partial charge on any atom is -0.267 e. The van der Waals surface area contributed by atoms with Crippen molar-refractivity contribution < 1.29 is 8.78 Å². The van der Waals surface area contributed by atoms with E-state index >= 15 is 0 Å². The van der Waals surface area contributed by atoms with Gasteiger partial charge in [0.2, 0.25) is 0 Å². The molecule has 0 aliphatic heterocycles. The smallest absolute Gasteiger partial charge is 0.267 e. The number of fused-ring (bicyclic) bond motifs is 1. The molecule has 1 heterocycles. The quantitative estimate of drug-likeness (QED) is 0.682. The summed E-state index contributed by atoms with van der Waals surface area (Å²) in [6, 6.07) is 8.96. The molecule has 0 spiro atoms. The number of nitrogens with zero attached hydrogens (tertiary/aromatic N) is 2. The number of rotatable bonds is 1. The Balaban J connectivity index is 2.35. The third-order valence-electron chi connectivity index (χ3n) is 3.10. The zero-order valence-electron chi connectivity index (χ0n) is 10.5. The predicted molar refractivity (Wildman–Crippen MR) is 70.8 cm³/mol. The molecule has 0 N–H and O–H groups in total. The minimum atomic E-state index is -1.06. The summed E-state index contributed by atoms with van der Waals surface area (Å²) in [6.45, 7) is 1.83. The Hall–Kier alpha value is -2.56. The van der Waals surface area contributed by atoms with Crippen molar-refractivity contribution in [2.45, 2.75) is 6.92 Å². The third-order valence-corrected chi connectivity index (χ3v) is 3.10. The lowest BCUT2D eigenvalue weighted by Crippen LogP contribution is -2.22. The Morgan fingerprint density at radius 1 is 1.15 bits per heavy atom. The van der Waals surface area contributed by atoms with Crippen molar-refractivity contribution in [1.82, 2.24) is 9.78 Å². The van der Waals surface area contributed by atoms with Gasteiger partial charge in [-0.25, -0.2) is 8.78 Å². The normalized spacial score (nSPS) is 10.9. The van der Waals surface area contributed by atoms with Crippen molar-refractivity contribution >= 4 is 10.8 Å². The second kappa shape index (κ2) is 4.52. The number of hydrogen-bond acceptors (Lipinski definition) is 2. The molecule has 3 rings (SSSR count). The lowest BCUT2D eigenvalue weighted by molar-refractivity contribution is 0.510. The van der Waals surface area contributed by atoms with E-state index in [-0.39, 0.29) is 10.8 Å². The van der Waals surface area contributed by atoms with E-state index in [0.29, 0.717) is 5.69 Å². The average Bonchev–Trinajstić information content (AvgIpc) is 2.43. The van der Waals surface area contributed by atoms with Gasteiger partial charge in [-0.05, 0) is 30.7 Å². The maximum absolute atomic E-state index is 13.3. The van der Waals surface area contributed by atoms with E-state index in [1.807, 2.05) is 19.1 Å². The second-order valence-electron chi connectivity index (χ2n) is 4.43. The highest BCUT2D eigenvalue weighted by Gasteiger charge is 2.11. The largest absolute Gasteiger partial charge is 0.279 e. The van der Waals surface area contributed by atoms with Crippen molar-refractivity contribution in [3.05, 3.63) is 70.1 Å². The summed E-state index contributed by atoms with van der Waals surface area (Å²) in [6.07, 6.45) is 2.56. The van der Waals surface area contributed by atoms with Gasteiger partial charge in [-0.3, -0.25) is 4.79 Å². The van der Waals surface area contributed by atoms with Gasteiger partial charge in [-0.2, -0.15) is 9.78 Å². The fraction of sp³-hybridized carbons (Fsp3) is 0.0667. The van der Waals surface area contributed by atoms with Crippen LogP contribution in [0.25, 0.3) is 16.5 Å². The number of aromatic nitrogens is 2. The highest BCUT2D eigenvalue weighted by molar-refractivity contribution is 5.80. The third kappa shape index (κ3) is 1.87. The fourth-order valence-electron chi connectivity index (χ4n) is 2.04. The van der Waals surface area contributed by atoms with E-state index < -0.39 is 17.2 Å². The standard InChI is InChI=1S/C15H9F2N2O/c1-9-4-2-3-5-14(9)19-15(20)11-7-13(17)12(16)6-10(11)8-18-19/h2-7H,1H3. The number of aryl methyl sites for hydroxylation is 1. The molecule has 0 aliphatic rings. The molecule has 0 saturated heterocycles. The molecule has 0 unspecified atom stereocenters. The Bertz CT molecular complexity index is 871. The zero-order chi connectivity index (χ0) is 14.3. The van der Waals surface area contributed by atoms with Crippen LogP contribution in [0.5, 0.6) is 0 Å². The van der Waals surface area contributed by atoms with Crippen LogP contribution in [-0.2, 0) is 0 Å². The Morgan fingerprint density at radius 2 is 1.85 bits per heavy atom. The maximum atomic E-state index is 13.3. The van der Waals surface area contributed by atoms with Gasteiger partial charge >= 0.3 is 0 Å². The van der Waals surface area contributed by atoms with Gasteiger partial charge in [-0.15, -0.1) is 0 Å². The molecular formula is C15H9F2N2O. The van der Waals surface area contributed by atoms with E-state index in [0.717, 1.165) is 22.4 Å². The predicted octanol–water partition coefficient (Wildman–Crippen LogP) is 2.77. The molecule has 1 radical (unpaired) electrons. The lowest BCUT2D eigenvalue weighted by Gasteiger charge is -2.08. The molecule has 0 bridgehead atoms. The SMILES string of the molecule is Cc1ccccc1-n1n[c]c2cc(F)c(F)cc2c1=O. The first-order chi connectivity index (χ1) is 9.58. The first-order valence-electron chi connectivity index (χ1n) is 5.93. The second-order valence-corrected chi connectivity index (χ2v) is 4.43. The van der Waals surface area contributed by atoms with Gasteiger partial charge in [0.15, 0.2) is 11.6 Å². The number of halogens is 2. The summed E-state index contributed by atoms with van der Waals surface area (Å²) in [5.41, 5.74) is 0.921. The molecule has 0 amide bonds. The summed E-state index contributed by atoms with van der Waals surface area (Å²) in [7, 11) is 0. The van der Waals surface area contributed by atoms with E-state index in [4.69, 9.17) is 0 Å². The van der Waals surface area contributed by atoms with Crippen LogP contribution in [0.4, 0.5) is 8.78 Å². The molecule has 99 valence electrons. The number of para-hydroxylation sites is 1. The van der Waals surface area contributed by atoms with Crippen LogP contribution in [0.3, 0.4) is 0 Å². The summed E-state index contributed by atoms with van der Waals surface area (Å²) >= 11 is 0. The van der Waals surface area contributed by atoms with Crippen molar-refractivity contribution in [1.29, 1.82) is 0 Å². The van der Waals surface area contributed by atoms with Gasteiger partial charge in [0.1, 0.15) is 6.20 Å². The summed E-state index contributed by atoms with van der Waals surface area (Å²) < 4.78 is 27.6. The molecule has 3 aromatic rings. The summed E-state index contributed by atoms with van der Waals surface area (Å²) in [5.74, 6) is -2.09. The average molecular weight is 271 g/mol. The van der Waals surface area contributed by atoms with E-state index in [9.17, 15) is 13.6 Å². The van der Waals surface area contributed by atoms with E-state index in [1.165, 1.54) is 0 Å². The Kier molecular flexibility index (Phi) is 2.82. The van der Waals surface area contributed by atoms with Crippen LogP contribution in [0.1, 0.15) is 5.56 Å². The van der Waals surface area contributed by atoms with E-state index in [2.05, 4.69) is 11.3 Å². The molecule has 0 atom stereocenters. The molecule has 0 fully saturated rings. The van der Waals surface area contributed by atoms with Gasteiger partial charge < -0.3 is 0 Å². The lowest BCUT2D eigenvalue weighted by atomic mass is 10.1. The molecule has 20 heavy (non-hydrogen) atoms. The minimum absolute atomic E-state index is 0.0437. The fourth-order valence-corrected chi connectivity index (χ4v) is 2.04. The highest BCUT2D eigenvalue weighted by Crippen LogP contribution is 2.16. The monoisotopic (exact) mass is 271 g/mol. The molecular weight excluding hydrogens is 262 g/mol. The van der Waals surface area contributed by atoms with Crippen LogP contribution in [0, 0.1) is 24.8 Å². The van der Waals surface area contributed by atoms with Crippen molar-refractivity contribution in [3.8, 4) is 5.69 Å². The van der Waals surface area contributed by atoms with Crippen LogP contribution in [-0.4, -0.2) is 9.78 Å². The molecule has 2 aromatic carbocycles. The van der Waals surface area contributed by atoms with Crippen LogP contribution in [0.2, 0.25) is 0 Å². The Labute approximate surface area is 113 Å². The number of hydrogen-bond donors (Lipinski definition) is 0. The topological polar surface area (TPSA) is 34.9 Å². The molecule has 3 nitrogen and oxygen atoms in total. The summed E-state index contributed by atoms with van der Waals surface area (Å²) in [4.78, 5) is 12.3. The highest BCUT2D eigenvalue weighted by atomic mass is 19.2. The van der Waals surface area contributed by atoms with Crippen LogP contribution >= 0.6 is 0 Å². The zero-order valence-corrected chi connectivity index (χ0v) is 10.5. The van der Waals surface area contributed by atoms with Gasteiger partial charge in [0.05, 0.1) is 11.1 Å². The van der Waals surface area contributed by atoms with E-state index in [1.54, 1.807) is 12.1 Å². The van der Waals surface area contributed by atoms with Crippen molar-refractivity contribution in [3.63, 3.8) is 0 Å².